The molecule has 0 aliphatic carbocycles. The second-order valence-corrected chi connectivity index (χ2v) is 3.74. The molecule has 1 heterocycles. The van der Waals surface area contributed by atoms with Gasteiger partial charge in [-0.15, -0.1) is 0 Å². The SMILES string of the molecule is COc1cc(N)ccc1NC(=O)c1cc(C)on1. The summed E-state index contributed by atoms with van der Waals surface area (Å²) in [4.78, 5) is 11.9. The molecule has 0 bridgehead atoms. The lowest BCUT2D eigenvalue weighted by atomic mass is 10.2. The van der Waals surface area contributed by atoms with Gasteiger partial charge in [-0.1, -0.05) is 5.16 Å². The Labute approximate surface area is 104 Å². The molecule has 1 amide bonds. The monoisotopic (exact) mass is 247 g/mol. The largest absolute Gasteiger partial charge is 0.494 e. The van der Waals surface area contributed by atoms with Crippen molar-refractivity contribution >= 4 is 17.3 Å². The number of carbonyl (C=O) groups is 1. The standard InChI is InChI=1S/C12H13N3O3/c1-7-5-10(15-18-7)12(16)14-9-4-3-8(13)6-11(9)17-2/h3-6H,13H2,1-2H3,(H,14,16). The summed E-state index contributed by atoms with van der Waals surface area (Å²) in [6.07, 6.45) is 0. The Morgan fingerprint density at radius 3 is 2.83 bits per heavy atom. The lowest BCUT2D eigenvalue weighted by Gasteiger charge is -2.09. The summed E-state index contributed by atoms with van der Waals surface area (Å²) in [5, 5.41) is 6.31. The van der Waals surface area contributed by atoms with Crippen LogP contribution < -0.4 is 15.8 Å². The third-order valence-corrected chi connectivity index (χ3v) is 2.33. The van der Waals surface area contributed by atoms with Gasteiger partial charge in [0.05, 0.1) is 12.8 Å². The number of amides is 1. The van der Waals surface area contributed by atoms with Gasteiger partial charge in [-0.25, -0.2) is 0 Å². The normalized spacial score (nSPS) is 10.1. The van der Waals surface area contributed by atoms with Crippen molar-refractivity contribution < 1.29 is 14.1 Å². The molecule has 6 nitrogen and oxygen atoms in total. The Kier molecular flexibility index (Phi) is 3.18. The molecule has 0 spiro atoms. The molecule has 6 heteroatoms. The van der Waals surface area contributed by atoms with E-state index in [1.54, 1.807) is 31.2 Å². The number of hydrogen-bond donors (Lipinski definition) is 2. The van der Waals surface area contributed by atoms with Crippen LogP contribution in [0.3, 0.4) is 0 Å². The highest BCUT2D eigenvalue weighted by atomic mass is 16.5. The summed E-state index contributed by atoms with van der Waals surface area (Å²) >= 11 is 0. The minimum absolute atomic E-state index is 0.214. The van der Waals surface area contributed by atoms with Crippen molar-refractivity contribution in [3.63, 3.8) is 0 Å². The molecular weight excluding hydrogens is 234 g/mol. The number of rotatable bonds is 3. The summed E-state index contributed by atoms with van der Waals surface area (Å²) in [5.74, 6) is 0.697. The number of aryl methyl sites for hydroxylation is 1. The van der Waals surface area contributed by atoms with Crippen LogP contribution in [0.1, 0.15) is 16.2 Å². The van der Waals surface area contributed by atoms with E-state index in [0.29, 0.717) is 22.9 Å². The first-order valence-corrected chi connectivity index (χ1v) is 5.28. The number of benzene rings is 1. The van der Waals surface area contributed by atoms with Crippen molar-refractivity contribution in [3.05, 3.63) is 35.7 Å². The van der Waals surface area contributed by atoms with E-state index in [1.165, 1.54) is 7.11 Å². The molecule has 2 rings (SSSR count). The second kappa shape index (κ2) is 4.79. The minimum Gasteiger partial charge on any atom is -0.494 e. The van der Waals surface area contributed by atoms with Gasteiger partial charge < -0.3 is 20.3 Å². The zero-order chi connectivity index (χ0) is 13.1. The molecule has 1 aromatic carbocycles. The highest BCUT2D eigenvalue weighted by molar-refractivity contribution is 6.03. The van der Waals surface area contributed by atoms with Crippen LogP contribution in [0.25, 0.3) is 0 Å². The van der Waals surface area contributed by atoms with Crippen LogP contribution in [0.2, 0.25) is 0 Å². The molecule has 0 aliphatic rings. The number of nitrogen functional groups attached to an aromatic ring is 1. The topological polar surface area (TPSA) is 90.4 Å². The lowest BCUT2D eigenvalue weighted by molar-refractivity contribution is 0.101. The highest BCUT2D eigenvalue weighted by Gasteiger charge is 2.13. The first kappa shape index (κ1) is 12.0. The van der Waals surface area contributed by atoms with Gasteiger partial charge in [-0.3, -0.25) is 4.79 Å². The first-order chi connectivity index (χ1) is 8.60. The van der Waals surface area contributed by atoms with E-state index in [9.17, 15) is 4.79 Å². The van der Waals surface area contributed by atoms with Gasteiger partial charge in [0.2, 0.25) is 0 Å². The Balaban J connectivity index is 2.21. The van der Waals surface area contributed by atoms with Gasteiger partial charge >= 0.3 is 0 Å². The van der Waals surface area contributed by atoms with Crippen LogP contribution in [0.15, 0.2) is 28.8 Å². The summed E-state index contributed by atoms with van der Waals surface area (Å²) in [6.45, 7) is 1.72. The zero-order valence-electron chi connectivity index (χ0n) is 10.1. The number of nitrogens with one attached hydrogen (secondary N) is 1. The molecule has 0 atom stereocenters. The Morgan fingerprint density at radius 1 is 1.44 bits per heavy atom. The van der Waals surface area contributed by atoms with E-state index in [2.05, 4.69) is 10.5 Å². The van der Waals surface area contributed by atoms with Gasteiger partial charge in [0.15, 0.2) is 5.69 Å². The van der Waals surface area contributed by atoms with Crippen molar-refractivity contribution in [1.82, 2.24) is 5.16 Å². The molecule has 0 saturated carbocycles. The third-order valence-electron chi connectivity index (χ3n) is 2.33. The fourth-order valence-corrected chi connectivity index (χ4v) is 1.47. The number of carbonyl (C=O) groups excluding carboxylic acids is 1. The van der Waals surface area contributed by atoms with Crippen molar-refractivity contribution in [1.29, 1.82) is 0 Å². The molecule has 0 unspecified atom stereocenters. The maximum Gasteiger partial charge on any atom is 0.277 e. The molecule has 0 saturated heterocycles. The van der Waals surface area contributed by atoms with E-state index < -0.39 is 0 Å². The van der Waals surface area contributed by atoms with Crippen molar-refractivity contribution in [2.75, 3.05) is 18.2 Å². The maximum atomic E-state index is 11.9. The second-order valence-electron chi connectivity index (χ2n) is 3.74. The Hall–Kier alpha value is -2.50. The van der Waals surface area contributed by atoms with E-state index in [1.807, 2.05) is 0 Å². The zero-order valence-corrected chi connectivity index (χ0v) is 10.1. The van der Waals surface area contributed by atoms with Crippen LogP contribution >= 0.6 is 0 Å². The van der Waals surface area contributed by atoms with Crippen LogP contribution in [0, 0.1) is 6.92 Å². The fraction of sp³-hybridized carbons (Fsp3) is 0.167. The number of nitrogens with zero attached hydrogens (tertiary/aromatic N) is 1. The van der Waals surface area contributed by atoms with Gasteiger partial charge in [0.25, 0.3) is 5.91 Å². The number of hydrogen-bond acceptors (Lipinski definition) is 5. The van der Waals surface area contributed by atoms with Gasteiger partial charge in [0.1, 0.15) is 11.5 Å². The molecule has 0 aliphatic heterocycles. The molecule has 2 aromatic rings. The predicted molar refractivity (Wildman–Crippen MR) is 66.6 cm³/mol. The Morgan fingerprint density at radius 2 is 2.22 bits per heavy atom. The van der Waals surface area contributed by atoms with Crippen LogP contribution in [-0.4, -0.2) is 18.2 Å². The molecule has 0 fully saturated rings. The summed E-state index contributed by atoms with van der Waals surface area (Å²) in [6, 6.07) is 6.52. The quantitative estimate of drug-likeness (QED) is 0.807. The van der Waals surface area contributed by atoms with Gasteiger partial charge in [0, 0.05) is 17.8 Å². The third kappa shape index (κ3) is 2.42. The summed E-state index contributed by atoms with van der Waals surface area (Å²) < 4.78 is 9.97. The average Bonchev–Trinajstić information content (AvgIpc) is 2.78. The Bertz CT molecular complexity index is 578. The minimum atomic E-state index is -0.366. The lowest BCUT2D eigenvalue weighted by Crippen LogP contribution is -2.13. The van der Waals surface area contributed by atoms with Gasteiger partial charge in [-0.05, 0) is 19.1 Å². The molecule has 94 valence electrons. The van der Waals surface area contributed by atoms with Crippen LogP contribution in [0.4, 0.5) is 11.4 Å². The van der Waals surface area contributed by atoms with Crippen molar-refractivity contribution in [3.8, 4) is 5.75 Å². The average molecular weight is 247 g/mol. The van der Waals surface area contributed by atoms with E-state index in [0.717, 1.165) is 0 Å². The summed E-state index contributed by atoms with van der Waals surface area (Å²) in [5.41, 5.74) is 6.93. The van der Waals surface area contributed by atoms with Crippen molar-refractivity contribution in [2.45, 2.75) is 6.92 Å². The predicted octanol–water partition coefficient (Wildman–Crippen LogP) is 1.83. The van der Waals surface area contributed by atoms with Gasteiger partial charge in [-0.2, -0.15) is 0 Å². The molecular formula is C12H13N3O3. The highest BCUT2D eigenvalue weighted by Crippen LogP contribution is 2.26. The fourth-order valence-electron chi connectivity index (χ4n) is 1.47. The van der Waals surface area contributed by atoms with E-state index in [4.69, 9.17) is 15.0 Å². The number of nitrogens with two attached hydrogens (primary N) is 1. The van der Waals surface area contributed by atoms with E-state index in [-0.39, 0.29) is 11.6 Å². The van der Waals surface area contributed by atoms with Crippen LogP contribution in [-0.2, 0) is 0 Å². The molecule has 1 aromatic heterocycles. The smallest absolute Gasteiger partial charge is 0.277 e. The number of ether oxygens (including phenoxy) is 1. The number of aromatic nitrogens is 1. The van der Waals surface area contributed by atoms with Crippen LogP contribution in [0.5, 0.6) is 5.75 Å². The summed E-state index contributed by atoms with van der Waals surface area (Å²) in [7, 11) is 1.50. The van der Waals surface area contributed by atoms with Crippen molar-refractivity contribution in [2.24, 2.45) is 0 Å². The first-order valence-electron chi connectivity index (χ1n) is 5.28. The number of methoxy groups -OCH3 is 1. The molecule has 3 N–H and O–H groups in total. The number of anilines is 2. The molecule has 18 heavy (non-hydrogen) atoms. The maximum absolute atomic E-state index is 11.9. The molecule has 0 radical (unpaired) electrons. The van der Waals surface area contributed by atoms with E-state index >= 15 is 0 Å².